The van der Waals surface area contributed by atoms with Gasteiger partial charge in [0.2, 0.25) is 0 Å². The molecule has 0 saturated heterocycles. The molecule has 1 aromatic carbocycles. The van der Waals surface area contributed by atoms with Crippen LogP contribution < -0.4 is 5.73 Å². The Morgan fingerprint density at radius 3 is 2.80 bits per heavy atom. The SMILES string of the molecule is NCCc1cn(S(=O)[O-])c2ccccc12. The highest BCUT2D eigenvalue weighted by molar-refractivity contribution is 7.77. The molecule has 1 heterocycles. The normalized spacial score (nSPS) is 13.2. The molecule has 5 heteroatoms. The molecule has 0 bridgehead atoms. The van der Waals surface area contributed by atoms with Crippen LogP contribution in [0.15, 0.2) is 30.5 Å². The van der Waals surface area contributed by atoms with Crippen molar-refractivity contribution in [2.45, 2.75) is 6.42 Å². The lowest BCUT2D eigenvalue weighted by atomic mass is 10.1. The molecule has 0 spiro atoms. The van der Waals surface area contributed by atoms with Crippen LogP contribution in [0.5, 0.6) is 0 Å². The fourth-order valence-corrected chi connectivity index (χ4v) is 2.23. The third-order valence-corrected chi connectivity index (χ3v) is 2.96. The van der Waals surface area contributed by atoms with Gasteiger partial charge in [0.15, 0.2) is 0 Å². The molecular weight excluding hydrogens is 212 g/mol. The van der Waals surface area contributed by atoms with Gasteiger partial charge in [-0.25, -0.2) is 0 Å². The average Bonchev–Trinajstić information content (AvgIpc) is 2.59. The van der Waals surface area contributed by atoms with Gasteiger partial charge in [0.25, 0.3) is 0 Å². The predicted molar refractivity (Wildman–Crippen MR) is 59.0 cm³/mol. The number of benzene rings is 1. The lowest BCUT2D eigenvalue weighted by molar-refractivity contribution is 0.529. The van der Waals surface area contributed by atoms with Crippen LogP contribution in [0.4, 0.5) is 0 Å². The van der Waals surface area contributed by atoms with Crippen molar-refractivity contribution in [1.29, 1.82) is 0 Å². The van der Waals surface area contributed by atoms with Crippen LogP contribution in [-0.4, -0.2) is 19.3 Å². The Balaban J connectivity index is 2.67. The van der Waals surface area contributed by atoms with Crippen LogP contribution >= 0.6 is 0 Å². The van der Waals surface area contributed by atoms with E-state index in [1.54, 1.807) is 12.3 Å². The van der Waals surface area contributed by atoms with Crippen LogP contribution in [0, 0.1) is 0 Å². The summed E-state index contributed by atoms with van der Waals surface area (Å²) >= 11 is -2.26. The number of hydrogen-bond acceptors (Lipinski definition) is 3. The van der Waals surface area contributed by atoms with E-state index in [0.29, 0.717) is 18.5 Å². The van der Waals surface area contributed by atoms with Crippen molar-refractivity contribution in [1.82, 2.24) is 3.97 Å². The van der Waals surface area contributed by atoms with Crippen LogP contribution in [0.1, 0.15) is 5.56 Å². The molecule has 0 aliphatic carbocycles. The molecule has 1 aromatic heterocycles. The fraction of sp³-hybridized carbons (Fsp3) is 0.200. The van der Waals surface area contributed by atoms with Gasteiger partial charge < -0.3 is 10.3 Å². The van der Waals surface area contributed by atoms with E-state index in [-0.39, 0.29) is 0 Å². The number of aromatic nitrogens is 1. The Kier molecular flexibility index (Phi) is 2.86. The Morgan fingerprint density at radius 1 is 1.40 bits per heavy atom. The van der Waals surface area contributed by atoms with Gasteiger partial charge in [-0.2, -0.15) is 0 Å². The summed E-state index contributed by atoms with van der Waals surface area (Å²) < 4.78 is 23.2. The molecule has 1 atom stereocenters. The quantitative estimate of drug-likeness (QED) is 0.782. The van der Waals surface area contributed by atoms with Crippen molar-refractivity contribution in [2.24, 2.45) is 5.73 Å². The lowest BCUT2D eigenvalue weighted by Gasteiger charge is -2.06. The first kappa shape index (κ1) is 10.4. The standard InChI is InChI=1S/C10H12N2O2S/c11-6-5-8-7-12(15(13)14)10-4-2-1-3-9(8)10/h1-4,7H,5-6,11H2,(H,13,14)/p-1. The second-order valence-corrected chi connectivity index (χ2v) is 4.08. The van der Waals surface area contributed by atoms with E-state index in [1.807, 2.05) is 18.2 Å². The highest BCUT2D eigenvalue weighted by Gasteiger charge is 2.06. The third kappa shape index (κ3) is 1.81. The first-order valence-electron chi connectivity index (χ1n) is 4.63. The summed E-state index contributed by atoms with van der Waals surface area (Å²) in [6.07, 6.45) is 2.31. The third-order valence-electron chi connectivity index (χ3n) is 2.33. The van der Waals surface area contributed by atoms with E-state index in [9.17, 15) is 8.76 Å². The first-order valence-corrected chi connectivity index (χ1v) is 5.66. The highest BCUT2D eigenvalue weighted by atomic mass is 32.2. The van der Waals surface area contributed by atoms with E-state index in [4.69, 9.17) is 5.73 Å². The van der Waals surface area contributed by atoms with Crippen molar-refractivity contribution in [2.75, 3.05) is 6.54 Å². The molecule has 0 radical (unpaired) electrons. The Morgan fingerprint density at radius 2 is 2.13 bits per heavy atom. The van der Waals surface area contributed by atoms with E-state index >= 15 is 0 Å². The summed E-state index contributed by atoms with van der Waals surface area (Å²) in [7, 11) is 0. The molecule has 4 nitrogen and oxygen atoms in total. The Labute approximate surface area is 90.1 Å². The minimum Gasteiger partial charge on any atom is -0.755 e. The minimum absolute atomic E-state index is 0.513. The maximum absolute atomic E-state index is 11.0. The largest absolute Gasteiger partial charge is 0.755 e. The monoisotopic (exact) mass is 223 g/mol. The predicted octanol–water partition coefficient (Wildman–Crippen LogP) is 0.785. The molecule has 0 fully saturated rings. The van der Waals surface area contributed by atoms with Crippen molar-refractivity contribution in [3.8, 4) is 0 Å². The van der Waals surface area contributed by atoms with Crippen LogP contribution in [-0.2, 0) is 17.7 Å². The Bertz CT molecular complexity index is 507. The molecule has 0 amide bonds. The Hall–Kier alpha value is -1.17. The maximum Gasteiger partial charge on any atom is 0.0606 e. The first-order chi connectivity index (χ1) is 7.24. The van der Waals surface area contributed by atoms with E-state index in [2.05, 4.69) is 0 Å². The second kappa shape index (κ2) is 4.14. The van der Waals surface area contributed by atoms with Gasteiger partial charge in [0, 0.05) is 11.6 Å². The van der Waals surface area contributed by atoms with Gasteiger partial charge in [0.1, 0.15) is 0 Å². The van der Waals surface area contributed by atoms with E-state index < -0.39 is 11.3 Å². The van der Waals surface area contributed by atoms with Crippen LogP contribution in [0.25, 0.3) is 10.9 Å². The maximum atomic E-state index is 11.0. The highest BCUT2D eigenvalue weighted by Crippen LogP contribution is 2.21. The summed E-state index contributed by atoms with van der Waals surface area (Å²) in [5.41, 5.74) is 7.15. The number of nitrogens with two attached hydrogens (primary N) is 1. The zero-order valence-corrected chi connectivity index (χ0v) is 8.87. The van der Waals surface area contributed by atoms with Crippen molar-refractivity contribution in [3.05, 3.63) is 36.0 Å². The van der Waals surface area contributed by atoms with Gasteiger partial charge in [-0.3, -0.25) is 8.18 Å². The molecule has 0 aliphatic heterocycles. The van der Waals surface area contributed by atoms with Gasteiger partial charge in [-0.15, -0.1) is 0 Å². The van der Waals surface area contributed by atoms with Gasteiger partial charge in [0.05, 0.1) is 16.8 Å². The zero-order valence-electron chi connectivity index (χ0n) is 8.05. The van der Waals surface area contributed by atoms with E-state index in [1.165, 1.54) is 3.97 Å². The van der Waals surface area contributed by atoms with Gasteiger partial charge >= 0.3 is 0 Å². The molecule has 1 unspecified atom stereocenters. The number of hydrogen-bond donors (Lipinski definition) is 1. The van der Waals surface area contributed by atoms with E-state index in [0.717, 1.165) is 10.9 Å². The zero-order chi connectivity index (χ0) is 10.8. The van der Waals surface area contributed by atoms with Crippen molar-refractivity contribution in [3.63, 3.8) is 0 Å². The number of fused-ring (bicyclic) bond motifs is 1. The summed E-state index contributed by atoms with van der Waals surface area (Å²) in [4.78, 5) is 0. The fourth-order valence-electron chi connectivity index (χ4n) is 1.70. The average molecular weight is 223 g/mol. The molecule has 2 rings (SSSR count). The smallest absolute Gasteiger partial charge is 0.0606 e. The molecule has 2 N–H and O–H groups in total. The number of para-hydroxylation sites is 1. The van der Waals surface area contributed by atoms with Crippen molar-refractivity contribution >= 4 is 22.2 Å². The summed E-state index contributed by atoms with van der Waals surface area (Å²) in [6, 6.07) is 7.40. The minimum atomic E-state index is -2.26. The van der Waals surface area contributed by atoms with Gasteiger partial charge in [-0.1, -0.05) is 18.2 Å². The summed E-state index contributed by atoms with van der Waals surface area (Å²) in [5, 5.41) is 0.951. The number of rotatable bonds is 3. The molecule has 2 aromatic rings. The van der Waals surface area contributed by atoms with Crippen LogP contribution in [0.2, 0.25) is 0 Å². The second-order valence-electron chi connectivity index (χ2n) is 3.25. The number of nitrogens with zero attached hydrogens (tertiary/aromatic N) is 1. The van der Waals surface area contributed by atoms with Gasteiger partial charge in [-0.05, 0) is 24.6 Å². The molecule has 0 saturated carbocycles. The molecule has 80 valence electrons. The molecule has 15 heavy (non-hydrogen) atoms. The molecular formula is C10H11N2O2S-. The van der Waals surface area contributed by atoms with Crippen LogP contribution in [0.3, 0.4) is 0 Å². The van der Waals surface area contributed by atoms with Crippen molar-refractivity contribution < 1.29 is 8.76 Å². The molecule has 0 aliphatic rings. The topological polar surface area (TPSA) is 71.1 Å². The summed E-state index contributed by atoms with van der Waals surface area (Å²) in [6.45, 7) is 0.513. The lowest BCUT2D eigenvalue weighted by Crippen LogP contribution is -2.03. The summed E-state index contributed by atoms with van der Waals surface area (Å²) in [5.74, 6) is 0.